The average Bonchev–Trinajstić information content (AvgIpc) is 2.83. The molecular weight excluding hydrogens is 285 g/mol. The van der Waals surface area contributed by atoms with E-state index in [1.54, 1.807) is 6.20 Å². The minimum atomic E-state index is 0.172. The number of piperidine rings is 1. The molecule has 0 saturated carbocycles. The second kappa shape index (κ2) is 5.23. The lowest BCUT2D eigenvalue weighted by Gasteiger charge is -2.31. The molecule has 0 radical (unpaired) electrons. The van der Waals surface area contributed by atoms with Gasteiger partial charge in [-0.15, -0.1) is 0 Å². The van der Waals surface area contributed by atoms with Gasteiger partial charge in [0.05, 0.1) is 17.6 Å². The van der Waals surface area contributed by atoms with Crippen LogP contribution < -0.4 is 0 Å². The van der Waals surface area contributed by atoms with E-state index in [-0.39, 0.29) is 5.28 Å². The van der Waals surface area contributed by atoms with E-state index >= 15 is 0 Å². The molecule has 0 unspecified atom stereocenters. The summed E-state index contributed by atoms with van der Waals surface area (Å²) < 4.78 is 1.95. The van der Waals surface area contributed by atoms with Crippen LogP contribution in [0.2, 0.25) is 10.4 Å². The number of hydrogen-bond acceptors (Lipinski definition) is 4. The lowest BCUT2D eigenvalue weighted by Crippen LogP contribution is -2.34. The molecule has 1 fully saturated rings. The molecule has 1 aliphatic rings. The van der Waals surface area contributed by atoms with Crippen molar-refractivity contribution in [3.8, 4) is 0 Å². The van der Waals surface area contributed by atoms with E-state index in [1.165, 1.54) is 0 Å². The van der Waals surface area contributed by atoms with Crippen LogP contribution >= 0.6 is 23.2 Å². The molecule has 3 heterocycles. The number of halogens is 2. The third-order valence-corrected chi connectivity index (χ3v) is 4.19. The molecule has 1 saturated heterocycles. The molecule has 0 aromatic carbocycles. The molecule has 0 aliphatic carbocycles. The van der Waals surface area contributed by atoms with Gasteiger partial charge in [0, 0.05) is 13.1 Å². The maximum atomic E-state index is 6.06. The van der Waals surface area contributed by atoms with Crippen molar-refractivity contribution in [1.29, 1.82) is 0 Å². The fourth-order valence-electron chi connectivity index (χ4n) is 2.61. The molecule has 0 amide bonds. The molecule has 0 spiro atoms. The number of nitrogens with zero attached hydrogens (tertiary/aromatic N) is 5. The van der Waals surface area contributed by atoms with Crippen molar-refractivity contribution in [2.75, 3.05) is 19.6 Å². The Kier molecular flexibility index (Phi) is 3.60. The van der Waals surface area contributed by atoms with E-state index in [2.05, 4.69) is 26.9 Å². The second-order valence-corrected chi connectivity index (χ2v) is 5.47. The van der Waals surface area contributed by atoms with Gasteiger partial charge in [-0.1, -0.05) is 18.5 Å². The van der Waals surface area contributed by atoms with Gasteiger partial charge < -0.3 is 4.90 Å². The standard InChI is InChI=1S/C12H15Cl2N5/c1-2-18-5-3-8(4-6-18)19-11-9(7-15-19)10(13)16-12(14)17-11/h7-8H,2-6H2,1H3. The summed E-state index contributed by atoms with van der Waals surface area (Å²) in [6.07, 6.45) is 3.87. The highest BCUT2D eigenvalue weighted by Crippen LogP contribution is 2.28. The summed E-state index contributed by atoms with van der Waals surface area (Å²) in [6, 6.07) is 0.363. The van der Waals surface area contributed by atoms with Gasteiger partial charge in [0.2, 0.25) is 5.28 Å². The molecule has 19 heavy (non-hydrogen) atoms. The zero-order valence-electron chi connectivity index (χ0n) is 10.7. The predicted octanol–water partition coefficient (Wildman–Crippen LogP) is 2.79. The summed E-state index contributed by atoms with van der Waals surface area (Å²) in [5.41, 5.74) is 0.736. The van der Waals surface area contributed by atoms with Gasteiger partial charge >= 0.3 is 0 Å². The van der Waals surface area contributed by atoms with Crippen LogP contribution in [0.3, 0.4) is 0 Å². The molecule has 1 aliphatic heterocycles. The Bertz CT molecular complexity index is 589. The van der Waals surface area contributed by atoms with Crippen molar-refractivity contribution in [2.24, 2.45) is 0 Å². The van der Waals surface area contributed by atoms with Gasteiger partial charge in [0.1, 0.15) is 5.15 Å². The molecule has 0 N–H and O–H groups in total. The minimum Gasteiger partial charge on any atom is -0.303 e. The molecule has 0 atom stereocenters. The van der Waals surface area contributed by atoms with Crippen molar-refractivity contribution in [3.05, 3.63) is 16.6 Å². The second-order valence-electron chi connectivity index (χ2n) is 4.78. The van der Waals surface area contributed by atoms with Crippen LogP contribution in [0.25, 0.3) is 11.0 Å². The van der Waals surface area contributed by atoms with Crippen molar-refractivity contribution in [3.63, 3.8) is 0 Å². The largest absolute Gasteiger partial charge is 0.303 e. The Balaban J connectivity index is 1.93. The highest BCUT2D eigenvalue weighted by Gasteiger charge is 2.23. The number of rotatable bonds is 2. The van der Waals surface area contributed by atoms with Crippen molar-refractivity contribution in [2.45, 2.75) is 25.8 Å². The smallest absolute Gasteiger partial charge is 0.225 e. The van der Waals surface area contributed by atoms with Crippen LogP contribution in [0, 0.1) is 0 Å². The van der Waals surface area contributed by atoms with Crippen LogP contribution in [0.1, 0.15) is 25.8 Å². The first-order chi connectivity index (χ1) is 9.19. The maximum Gasteiger partial charge on any atom is 0.225 e. The van der Waals surface area contributed by atoms with E-state index in [0.717, 1.165) is 43.5 Å². The SMILES string of the molecule is CCN1CCC(n2ncc3c(Cl)nc(Cl)nc32)CC1. The summed E-state index contributed by atoms with van der Waals surface area (Å²) in [6.45, 7) is 5.48. The van der Waals surface area contributed by atoms with Crippen molar-refractivity contribution < 1.29 is 0 Å². The number of fused-ring (bicyclic) bond motifs is 1. The van der Waals surface area contributed by atoms with Crippen LogP contribution in [0.4, 0.5) is 0 Å². The molecular formula is C12H15Cl2N5. The fourth-order valence-corrected chi connectivity index (χ4v) is 3.03. The molecule has 102 valence electrons. The Morgan fingerprint density at radius 3 is 2.68 bits per heavy atom. The van der Waals surface area contributed by atoms with Gasteiger partial charge in [-0.2, -0.15) is 10.1 Å². The Hall–Kier alpha value is -0.910. The van der Waals surface area contributed by atoms with Gasteiger partial charge in [-0.25, -0.2) is 9.67 Å². The Morgan fingerprint density at radius 2 is 2.00 bits per heavy atom. The number of hydrogen-bond donors (Lipinski definition) is 0. The zero-order chi connectivity index (χ0) is 13.4. The number of likely N-dealkylation sites (tertiary alicyclic amines) is 1. The summed E-state index contributed by atoms with van der Waals surface area (Å²) in [7, 11) is 0. The van der Waals surface area contributed by atoms with Crippen LogP contribution in [-0.2, 0) is 0 Å². The Labute approximate surface area is 121 Å². The van der Waals surface area contributed by atoms with E-state index in [1.807, 2.05) is 4.68 Å². The maximum absolute atomic E-state index is 6.06. The highest BCUT2D eigenvalue weighted by molar-refractivity contribution is 6.35. The normalized spacial score (nSPS) is 18.3. The van der Waals surface area contributed by atoms with E-state index < -0.39 is 0 Å². The minimum absolute atomic E-state index is 0.172. The van der Waals surface area contributed by atoms with E-state index in [4.69, 9.17) is 23.2 Å². The zero-order valence-corrected chi connectivity index (χ0v) is 12.2. The van der Waals surface area contributed by atoms with Crippen molar-refractivity contribution in [1.82, 2.24) is 24.6 Å². The van der Waals surface area contributed by atoms with Crippen LogP contribution in [0.5, 0.6) is 0 Å². The summed E-state index contributed by atoms with van der Waals surface area (Å²) in [5, 5.41) is 5.73. The molecule has 3 rings (SSSR count). The quantitative estimate of drug-likeness (QED) is 0.632. The van der Waals surface area contributed by atoms with Gasteiger partial charge in [0.15, 0.2) is 5.65 Å². The summed E-state index contributed by atoms with van der Waals surface area (Å²) >= 11 is 11.9. The molecule has 5 nitrogen and oxygen atoms in total. The van der Waals surface area contributed by atoms with E-state index in [9.17, 15) is 0 Å². The van der Waals surface area contributed by atoms with Crippen LogP contribution in [-0.4, -0.2) is 44.3 Å². The summed E-state index contributed by atoms with van der Waals surface area (Å²) in [5.74, 6) is 0. The lowest BCUT2D eigenvalue weighted by atomic mass is 10.1. The first-order valence-corrected chi connectivity index (χ1v) is 7.23. The predicted molar refractivity (Wildman–Crippen MR) is 75.7 cm³/mol. The first-order valence-electron chi connectivity index (χ1n) is 6.47. The topological polar surface area (TPSA) is 46.8 Å². The fraction of sp³-hybridized carbons (Fsp3) is 0.583. The third-order valence-electron chi connectivity index (χ3n) is 3.73. The first kappa shape index (κ1) is 13.1. The molecule has 2 aromatic rings. The van der Waals surface area contributed by atoms with E-state index in [0.29, 0.717) is 11.2 Å². The monoisotopic (exact) mass is 299 g/mol. The average molecular weight is 300 g/mol. The number of aromatic nitrogens is 4. The molecule has 2 aromatic heterocycles. The van der Waals surface area contributed by atoms with Gasteiger partial charge in [0.25, 0.3) is 0 Å². The molecule has 7 heteroatoms. The summed E-state index contributed by atoms with van der Waals surface area (Å²) in [4.78, 5) is 10.7. The lowest BCUT2D eigenvalue weighted by molar-refractivity contribution is 0.189. The van der Waals surface area contributed by atoms with Gasteiger partial charge in [-0.05, 0) is 31.0 Å². The third kappa shape index (κ3) is 2.42. The highest BCUT2D eigenvalue weighted by atomic mass is 35.5. The van der Waals surface area contributed by atoms with Gasteiger partial charge in [-0.3, -0.25) is 0 Å². The Morgan fingerprint density at radius 1 is 1.26 bits per heavy atom. The van der Waals surface area contributed by atoms with Crippen molar-refractivity contribution >= 4 is 34.2 Å². The van der Waals surface area contributed by atoms with Crippen LogP contribution in [0.15, 0.2) is 6.20 Å². The molecule has 0 bridgehead atoms.